The van der Waals surface area contributed by atoms with Crippen LogP contribution in [0.4, 0.5) is 11.4 Å². The number of hydrogen-bond donors (Lipinski definition) is 4. The van der Waals surface area contributed by atoms with Gasteiger partial charge in [0.2, 0.25) is 5.88 Å². The van der Waals surface area contributed by atoms with E-state index < -0.39 is 17.1 Å². The van der Waals surface area contributed by atoms with Gasteiger partial charge in [0.25, 0.3) is 5.56 Å². The van der Waals surface area contributed by atoms with E-state index in [0.29, 0.717) is 22.5 Å². The maximum atomic E-state index is 12.6. The van der Waals surface area contributed by atoms with Gasteiger partial charge in [0.05, 0.1) is 35.2 Å². The summed E-state index contributed by atoms with van der Waals surface area (Å²) in [7, 11) is 3.49. The number of anilines is 1. The number of fused-ring (bicyclic) bond motifs is 1. The third kappa shape index (κ3) is 4.18. The number of hydrogen-bond acceptors (Lipinski definition) is 8. The van der Waals surface area contributed by atoms with Crippen LogP contribution in [0, 0.1) is 0 Å². The summed E-state index contributed by atoms with van der Waals surface area (Å²) in [5, 5.41) is 11.0. The fourth-order valence-electron chi connectivity index (χ4n) is 4.29. The van der Waals surface area contributed by atoms with E-state index in [9.17, 15) is 19.5 Å². The first-order chi connectivity index (χ1) is 17.4. The zero-order valence-corrected chi connectivity index (χ0v) is 19.7. The van der Waals surface area contributed by atoms with Crippen molar-refractivity contribution >= 4 is 28.6 Å². The van der Waals surface area contributed by atoms with Crippen LogP contribution in [0.25, 0.3) is 16.7 Å². The smallest absolute Gasteiger partial charge is 0.335 e. The van der Waals surface area contributed by atoms with Gasteiger partial charge in [0.1, 0.15) is 11.3 Å². The number of aliphatic imine (C=N–C) groups is 1. The largest absolute Gasteiger partial charge is 0.495 e. The molecule has 0 amide bonds. The molecule has 0 saturated carbocycles. The van der Waals surface area contributed by atoms with Crippen molar-refractivity contribution in [2.24, 2.45) is 4.99 Å². The molecule has 1 fully saturated rings. The average molecular weight is 492 g/mol. The van der Waals surface area contributed by atoms with Crippen molar-refractivity contribution in [3.63, 3.8) is 0 Å². The minimum Gasteiger partial charge on any atom is -0.495 e. The quantitative estimate of drug-likeness (QED) is 0.303. The van der Waals surface area contributed by atoms with Gasteiger partial charge in [0, 0.05) is 32.4 Å². The fourth-order valence-corrected chi connectivity index (χ4v) is 4.29. The Hall–Kier alpha value is -4.58. The molecule has 5 rings (SSSR count). The van der Waals surface area contributed by atoms with E-state index in [4.69, 9.17) is 4.74 Å². The summed E-state index contributed by atoms with van der Waals surface area (Å²) in [5.74, 6) is -0.238. The average Bonchev–Trinajstić information content (AvgIpc) is 3.23. The Labute approximate surface area is 204 Å². The number of aromatic nitrogens is 4. The Bertz CT molecular complexity index is 1640. The minimum absolute atomic E-state index is 0.201. The number of aromatic hydroxyl groups is 1. The van der Waals surface area contributed by atoms with Crippen LogP contribution in [0.2, 0.25) is 0 Å². The summed E-state index contributed by atoms with van der Waals surface area (Å²) in [6.45, 7) is 3.22. The van der Waals surface area contributed by atoms with E-state index >= 15 is 0 Å². The van der Waals surface area contributed by atoms with Crippen LogP contribution in [0.15, 0.2) is 55.8 Å². The number of methoxy groups -OCH3 is 1. The van der Waals surface area contributed by atoms with Crippen LogP contribution in [-0.4, -0.2) is 76.1 Å². The molecule has 12 heteroatoms. The molecule has 1 saturated heterocycles. The highest BCUT2D eigenvalue weighted by Gasteiger charge is 2.20. The molecule has 2 aromatic carbocycles. The molecule has 4 aromatic rings. The number of H-pyrrole nitrogens is 3. The number of likely N-dealkylation sites (N-methyl/N-ethyl adjacent to an activating group) is 1. The molecule has 0 radical (unpaired) electrons. The van der Waals surface area contributed by atoms with Crippen LogP contribution < -0.4 is 26.6 Å². The summed E-state index contributed by atoms with van der Waals surface area (Å²) < 4.78 is 6.26. The van der Waals surface area contributed by atoms with Crippen molar-refractivity contribution in [1.29, 1.82) is 0 Å². The van der Waals surface area contributed by atoms with Crippen molar-refractivity contribution in [3.05, 3.63) is 73.3 Å². The summed E-state index contributed by atoms with van der Waals surface area (Å²) in [6.07, 6.45) is 1.21. The SMILES string of the molecule is COc1ccccc1-n1c(O)c(C=Nc2cc3[nH]c(=O)[nH]c3cc2N2CCN(C)CC2)c(=O)[nH]c1=O. The van der Waals surface area contributed by atoms with E-state index in [1.54, 1.807) is 30.3 Å². The van der Waals surface area contributed by atoms with E-state index in [1.165, 1.54) is 13.3 Å². The van der Waals surface area contributed by atoms with Crippen molar-refractivity contribution in [2.45, 2.75) is 0 Å². The molecule has 186 valence electrons. The second-order valence-electron chi connectivity index (χ2n) is 8.52. The maximum absolute atomic E-state index is 12.6. The van der Waals surface area contributed by atoms with Gasteiger partial charge in [-0.15, -0.1) is 0 Å². The van der Waals surface area contributed by atoms with E-state index in [1.807, 2.05) is 6.07 Å². The van der Waals surface area contributed by atoms with Crippen LogP contribution in [0.5, 0.6) is 11.6 Å². The molecule has 0 spiro atoms. The molecule has 0 unspecified atom stereocenters. The van der Waals surface area contributed by atoms with Crippen molar-refractivity contribution < 1.29 is 9.84 Å². The first-order valence-electron chi connectivity index (χ1n) is 11.3. The molecule has 1 aliphatic rings. The van der Waals surface area contributed by atoms with Gasteiger partial charge >= 0.3 is 11.4 Å². The van der Waals surface area contributed by atoms with E-state index in [0.717, 1.165) is 36.4 Å². The molecule has 1 aliphatic heterocycles. The van der Waals surface area contributed by atoms with E-state index in [2.05, 4.69) is 36.8 Å². The molecular weight excluding hydrogens is 466 g/mol. The molecule has 2 aromatic heterocycles. The maximum Gasteiger partial charge on any atom is 0.335 e. The van der Waals surface area contributed by atoms with Gasteiger partial charge in [0.15, 0.2) is 0 Å². The summed E-state index contributed by atoms with van der Waals surface area (Å²) in [5.41, 5.74) is 0.583. The number of imidazole rings is 1. The lowest BCUT2D eigenvalue weighted by molar-refractivity contribution is 0.313. The van der Waals surface area contributed by atoms with Crippen LogP contribution >= 0.6 is 0 Å². The first kappa shape index (κ1) is 23.2. The molecule has 36 heavy (non-hydrogen) atoms. The van der Waals surface area contributed by atoms with Gasteiger partial charge in [-0.25, -0.2) is 14.2 Å². The second-order valence-corrected chi connectivity index (χ2v) is 8.52. The molecular formula is C24H25N7O5. The third-order valence-electron chi connectivity index (χ3n) is 6.23. The monoisotopic (exact) mass is 491 g/mol. The number of ether oxygens (including phenoxy) is 1. The van der Waals surface area contributed by atoms with E-state index in [-0.39, 0.29) is 16.9 Å². The molecule has 0 bridgehead atoms. The Morgan fingerprint density at radius 1 is 0.972 bits per heavy atom. The molecule has 4 N–H and O–H groups in total. The van der Waals surface area contributed by atoms with Gasteiger partial charge in [-0.1, -0.05) is 12.1 Å². The van der Waals surface area contributed by atoms with Gasteiger partial charge in [-0.2, -0.15) is 0 Å². The topological polar surface area (TPSA) is 152 Å². The standard InChI is InChI=1S/C24H25N7O5/c1-29-7-9-30(10-8-29)19-12-16-15(26-23(34)27-16)11-17(19)25-13-14-21(32)28-24(35)31(22(14)33)18-5-3-4-6-20(18)36-2/h3-6,11-13,33H,7-10H2,1-2H3,(H2,26,27,34)(H,28,32,35). The minimum atomic E-state index is -0.816. The van der Waals surface area contributed by atoms with Crippen molar-refractivity contribution in [3.8, 4) is 17.3 Å². The van der Waals surface area contributed by atoms with Crippen LogP contribution in [0.3, 0.4) is 0 Å². The lowest BCUT2D eigenvalue weighted by atomic mass is 10.2. The zero-order valence-electron chi connectivity index (χ0n) is 19.7. The number of nitrogens with one attached hydrogen (secondary N) is 3. The normalized spacial score (nSPS) is 14.7. The predicted molar refractivity (Wildman–Crippen MR) is 137 cm³/mol. The highest BCUT2D eigenvalue weighted by molar-refractivity contribution is 5.91. The lowest BCUT2D eigenvalue weighted by Gasteiger charge is -2.34. The highest BCUT2D eigenvalue weighted by atomic mass is 16.5. The van der Waals surface area contributed by atoms with Crippen LogP contribution in [-0.2, 0) is 0 Å². The van der Waals surface area contributed by atoms with Crippen LogP contribution in [0.1, 0.15) is 5.56 Å². The Morgan fingerprint density at radius 2 is 1.67 bits per heavy atom. The fraction of sp³-hybridized carbons (Fsp3) is 0.250. The Kier molecular flexibility index (Phi) is 5.94. The number of piperazine rings is 1. The van der Waals surface area contributed by atoms with Crippen molar-refractivity contribution in [1.82, 2.24) is 24.4 Å². The molecule has 0 atom stereocenters. The summed E-state index contributed by atoms with van der Waals surface area (Å²) in [6, 6.07) is 10.2. The lowest BCUT2D eigenvalue weighted by Crippen LogP contribution is -2.44. The molecule has 12 nitrogen and oxygen atoms in total. The molecule has 0 aliphatic carbocycles. The Morgan fingerprint density at radius 3 is 2.39 bits per heavy atom. The molecule has 3 heterocycles. The first-order valence-corrected chi connectivity index (χ1v) is 11.3. The van der Waals surface area contributed by atoms with Gasteiger partial charge in [-0.3, -0.25) is 14.8 Å². The third-order valence-corrected chi connectivity index (χ3v) is 6.23. The number of benzene rings is 2. The number of rotatable bonds is 5. The number of para-hydroxylation sites is 2. The predicted octanol–water partition coefficient (Wildman–Crippen LogP) is 0.912. The number of aromatic amines is 3. The van der Waals surface area contributed by atoms with Gasteiger partial charge < -0.3 is 29.6 Å². The second kappa shape index (κ2) is 9.23. The Balaban J connectivity index is 1.63. The highest BCUT2D eigenvalue weighted by Crippen LogP contribution is 2.33. The van der Waals surface area contributed by atoms with Crippen molar-refractivity contribution in [2.75, 3.05) is 45.2 Å². The number of nitrogens with zero attached hydrogens (tertiary/aromatic N) is 4. The van der Waals surface area contributed by atoms with Gasteiger partial charge in [-0.05, 0) is 31.3 Å². The zero-order chi connectivity index (χ0) is 25.4. The summed E-state index contributed by atoms with van der Waals surface area (Å²) >= 11 is 0. The summed E-state index contributed by atoms with van der Waals surface area (Å²) in [4.78, 5) is 53.7.